The fourth-order valence-corrected chi connectivity index (χ4v) is 2.05. The van der Waals surface area contributed by atoms with Crippen LogP contribution in [-0.2, 0) is 6.54 Å². The van der Waals surface area contributed by atoms with Crippen molar-refractivity contribution in [3.8, 4) is 0 Å². The van der Waals surface area contributed by atoms with Crippen molar-refractivity contribution in [2.45, 2.75) is 6.54 Å². The van der Waals surface area contributed by atoms with Gasteiger partial charge in [0.15, 0.2) is 5.01 Å². The van der Waals surface area contributed by atoms with E-state index in [-0.39, 0.29) is 23.1 Å². The molecule has 19 heavy (non-hydrogen) atoms. The van der Waals surface area contributed by atoms with Gasteiger partial charge >= 0.3 is 0 Å². The van der Waals surface area contributed by atoms with Crippen LogP contribution in [0.5, 0.6) is 0 Å². The van der Waals surface area contributed by atoms with E-state index in [4.69, 9.17) is 5.73 Å². The van der Waals surface area contributed by atoms with Crippen LogP contribution >= 0.6 is 11.3 Å². The molecule has 0 unspecified atom stereocenters. The van der Waals surface area contributed by atoms with Gasteiger partial charge in [0.1, 0.15) is 11.5 Å². The molecule has 0 atom stereocenters. The zero-order valence-electron chi connectivity index (χ0n) is 9.72. The summed E-state index contributed by atoms with van der Waals surface area (Å²) in [4.78, 5) is 26.4. The van der Waals surface area contributed by atoms with E-state index >= 15 is 0 Å². The first kappa shape index (κ1) is 13.2. The summed E-state index contributed by atoms with van der Waals surface area (Å²) >= 11 is 0.990. The highest BCUT2D eigenvalue weighted by molar-refractivity contribution is 7.11. The Morgan fingerprint density at radius 1 is 1.37 bits per heavy atom. The summed E-state index contributed by atoms with van der Waals surface area (Å²) in [5.74, 6) is -1.55. The van der Waals surface area contributed by atoms with E-state index in [1.165, 1.54) is 11.4 Å². The Morgan fingerprint density at radius 2 is 2.11 bits per heavy atom. The van der Waals surface area contributed by atoms with Gasteiger partial charge in [-0.3, -0.25) is 9.59 Å². The molecule has 0 saturated carbocycles. The number of amides is 2. The van der Waals surface area contributed by atoms with E-state index in [9.17, 15) is 14.0 Å². The van der Waals surface area contributed by atoms with Gasteiger partial charge in [-0.25, -0.2) is 9.37 Å². The molecule has 2 rings (SSSR count). The molecule has 2 aromatic rings. The molecule has 1 aromatic carbocycles. The number of thiazole rings is 1. The second kappa shape index (κ2) is 5.57. The molecule has 1 heterocycles. The lowest BCUT2D eigenvalue weighted by Gasteiger charge is -2.04. The standard InChI is InChI=1S/C12H10FN3O2S/c13-8-4-2-1-3-7(8)5-15-11(18)9-6-19-12(16-9)10(14)17/h1-4,6H,5H2,(H2,14,17)(H,15,18). The van der Waals surface area contributed by atoms with Gasteiger partial charge < -0.3 is 11.1 Å². The molecule has 0 saturated heterocycles. The molecule has 0 aliphatic heterocycles. The minimum absolute atomic E-state index is 0.0505. The van der Waals surface area contributed by atoms with Gasteiger partial charge in [-0.05, 0) is 6.07 Å². The highest BCUT2D eigenvalue weighted by Gasteiger charge is 2.13. The fourth-order valence-electron chi connectivity index (χ4n) is 1.40. The number of carbonyl (C=O) groups is 2. The van der Waals surface area contributed by atoms with Gasteiger partial charge in [0.25, 0.3) is 11.8 Å². The van der Waals surface area contributed by atoms with Crippen molar-refractivity contribution in [1.29, 1.82) is 0 Å². The number of benzene rings is 1. The molecule has 0 radical (unpaired) electrons. The van der Waals surface area contributed by atoms with E-state index in [0.29, 0.717) is 5.56 Å². The second-order valence-corrected chi connectivity index (χ2v) is 4.53. The summed E-state index contributed by atoms with van der Waals surface area (Å²) in [7, 11) is 0. The molecule has 0 aliphatic rings. The molecule has 7 heteroatoms. The van der Waals surface area contributed by atoms with E-state index < -0.39 is 11.8 Å². The number of nitrogens with two attached hydrogens (primary N) is 1. The van der Waals surface area contributed by atoms with Crippen molar-refractivity contribution in [3.63, 3.8) is 0 Å². The Balaban J connectivity index is 2.01. The van der Waals surface area contributed by atoms with E-state index in [1.54, 1.807) is 18.2 Å². The van der Waals surface area contributed by atoms with Crippen molar-refractivity contribution >= 4 is 23.2 Å². The van der Waals surface area contributed by atoms with Crippen molar-refractivity contribution in [3.05, 3.63) is 51.7 Å². The van der Waals surface area contributed by atoms with Crippen LogP contribution in [0.2, 0.25) is 0 Å². The van der Waals surface area contributed by atoms with Crippen LogP contribution in [0.3, 0.4) is 0 Å². The van der Waals surface area contributed by atoms with Gasteiger partial charge in [-0.2, -0.15) is 0 Å². The largest absolute Gasteiger partial charge is 0.364 e. The quantitative estimate of drug-likeness (QED) is 0.885. The lowest BCUT2D eigenvalue weighted by Crippen LogP contribution is -2.24. The maximum Gasteiger partial charge on any atom is 0.277 e. The number of carbonyl (C=O) groups excluding carboxylic acids is 2. The molecule has 0 bridgehead atoms. The van der Waals surface area contributed by atoms with Crippen LogP contribution in [0.15, 0.2) is 29.6 Å². The molecule has 1 aromatic heterocycles. The lowest BCUT2D eigenvalue weighted by molar-refractivity contribution is 0.0946. The zero-order valence-corrected chi connectivity index (χ0v) is 10.5. The van der Waals surface area contributed by atoms with Crippen LogP contribution in [0.25, 0.3) is 0 Å². The van der Waals surface area contributed by atoms with Crippen molar-refractivity contribution in [1.82, 2.24) is 10.3 Å². The van der Waals surface area contributed by atoms with Crippen LogP contribution in [0, 0.1) is 5.82 Å². The maximum atomic E-state index is 13.3. The number of aromatic nitrogens is 1. The van der Waals surface area contributed by atoms with Crippen molar-refractivity contribution < 1.29 is 14.0 Å². The number of nitrogens with one attached hydrogen (secondary N) is 1. The van der Waals surface area contributed by atoms with Gasteiger partial charge in [0.2, 0.25) is 0 Å². The average Bonchev–Trinajstić information content (AvgIpc) is 2.87. The SMILES string of the molecule is NC(=O)c1nc(C(=O)NCc2ccccc2F)cs1. The summed E-state index contributed by atoms with van der Waals surface area (Å²) in [5, 5.41) is 4.01. The maximum absolute atomic E-state index is 13.3. The molecule has 0 aliphatic carbocycles. The average molecular weight is 279 g/mol. The molecule has 3 N–H and O–H groups in total. The summed E-state index contributed by atoms with van der Waals surface area (Å²) in [6.45, 7) is 0.0505. The van der Waals surface area contributed by atoms with Crippen molar-refractivity contribution in [2.24, 2.45) is 5.73 Å². The van der Waals surface area contributed by atoms with Crippen molar-refractivity contribution in [2.75, 3.05) is 0 Å². The van der Waals surface area contributed by atoms with Gasteiger partial charge in [-0.15, -0.1) is 11.3 Å². The van der Waals surface area contributed by atoms with E-state index in [2.05, 4.69) is 10.3 Å². The number of rotatable bonds is 4. The first-order valence-electron chi connectivity index (χ1n) is 5.35. The molecular formula is C12H10FN3O2S. The minimum Gasteiger partial charge on any atom is -0.364 e. The Kier molecular flexibility index (Phi) is 3.86. The van der Waals surface area contributed by atoms with Crippen LogP contribution < -0.4 is 11.1 Å². The van der Waals surface area contributed by atoms with Crippen LogP contribution in [-0.4, -0.2) is 16.8 Å². The topological polar surface area (TPSA) is 85.1 Å². The van der Waals surface area contributed by atoms with Crippen LogP contribution in [0.4, 0.5) is 4.39 Å². The predicted molar refractivity (Wildman–Crippen MR) is 68.2 cm³/mol. The third-order valence-corrected chi connectivity index (χ3v) is 3.20. The summed E-state index contributed by atoms with van der Waals surface area (Å²) in [6.07, 6.45) is 0. The lowest BCUT2D eigenvalue weighted by atomic mass is 10.2. The minimum atomic E-state index is -0.682. The Morgan fingerprint density at radius 3 is 2.74 bits per heavy atom. The Labute approximate surface area is 112 Å². The molecule has 2 amide bonds. The number of hydrogen-bond acceptors (Lipinski definition) is 4. The number of halogens is 1. The first-order chi connectivity index (χ1) is 9.08. The molecule has 5 nitrogen and oxygen atoms in total. The third kappa shape index (κ3) is 3.14. The summed E-state index contributed by atoms with van der Waals surface area (Å²) in [6, 6.07) is 6.14. The monoisotopic (exact) mass is 279 g/mol. The highest BCUT2D eigenvalue weighted by Crippen LogP contribution is 2.10. The predicted octanol–water partition coefficient (Wildman–Crippen LogP) is 1.31. The van der Waals surface area contributed by atoms with Gasteiger partial charge in [0, 0.05) is 17.5 Å². The first-order valence-corrected chi connectivity index (χ1v) is 6.23. The smallest absolute Gasteiger partial charge is 0.277 e. The third-order valence-electron chi connectivity index (χ3n) is 2.34. The molecule has 98 valence electrons. The van der Waals surface area contributed by atoms with Gasteiger partial charge in [-0.1, -0.05) is 18.2 Å². The second-order valence-electron chi connectivity index (χ2n) is 3.68. The summed E-state index contributed by atoms with van der Waals surface area (Å²) in [5.41, 5.74) is 5.51. The van der Waals surface area contributed by atoms with Gasteiger partial charge in [0.05, 0.1) is 0 Å². The zero-order chi connectivity index (χ0) is 13.8. The molecule has 0 fully saturated rings. The highest BCUT2D eigenvalue weighted by atomic mass is 32.1. The summed E-state index contributed by atoms with van der Waals surface area (Å²) < 4.78 is 13.3. The molecule has 0 spiro atoms. The number of primary amides is 1. The molecular weight excluding hydrogens is 269 g/mol. The van der Waals surface area contributed by atoms with Crippen LogP contribution in [0.1, 0.15) is 25.9 Å². The Hall–Kier alpha value is -2.28. The van der Waals surface area contributed by atoms with E-state index in [1.807, 2.05) is 0 Å². The number of hydrogen-bond donors (Lipinski definition) is 2. The number of nitrogens with zero attached hydrogens (tertiary/aromatic N) is 1. The van der Waals surface area contributed by atoms with E-state index in [0.717, 1.165) is 11.3 Å². The fraction of sp³-hybridized carbons (Fsp3) is 0.0833. The normalized spacial score (nSPS) is 10.2. The Bertz CT molecular complexity index is 627.